The number of halogens is 2. The monoisotopic (exact) mass is 476 g/mol. The minimum Gasteiger partial charge on any atom is -0.497 e. The molecule has 0 spiro atoms. The molecular formula is C28H26Cl2N2O. The van der Waals surface area contributed by atoms with Gasteiger partial charge in [0.05, 0.1) is 17.8 Å². The van der Waals surface area contributed by atoms with Gasteiger partial charge in [-0.05, 0) is 59.0 Å². The third kappa shape index (κ3) is 5.68. The fourth-order valence-electron chi connectivity index (χ4n) is 3.67. The van der Waals surface area contributed by atoms with E-state index in [-0.39, 0.29) is 0 Å². The highest BCUT2D eigenvalue weighted by Gasteiger charge is 2.12. The highest BCUT2D eigenvalue weighted by Crippen LogP contribution is 2.30. The van der Waals surface area contributed by atoms with Crippen molar-refractivity contribution in [3.05, 3.63) is 94.4 Å². The van der Waals surface area contributed by atoms with Crippen molar-refractivity contribution in [2.75, 3.05) is 7.11 Å². The maximum Gasteiger partial charge on any atom is 0.133 e. The standard InChI is InChI=1S/C28H26Cl2N2O/c1-19(2)17-32-18-27(25-14-11-23(29)16-26(25)30)31-28(32)15-6-20-4-7-21(8-5-20)22-9-12-24(33-3)13-10-22/h4-16,18-19H,17H2,1-3H3. The average molecular weight is 477 g/mol. The van der Waals surface area contributed by atoms with E-state index in [2.05, 4.69) is 73.2 Å². The molecule has 5 heteroatoms. The van der Waals surface area contributed by atoms with Gasteiger partial charge in [0.15, 0.2) is 0 Å². The number of rotatable bonds is 7. The Hall–Kier alpha value is -3.01. The van der Waals surface area contributed by atoms with E-state index < -0.39 is 0 Å². The lowest BCUT2D eigenvalue weighted by Crippen LogP contribution is -2.04. The number of hydrogen-bond donors (Lipinski definition) is 0. The lowest BCUT2D eigenvalue weighted by atomic mass is 10.0. The van der Waals surface area contributed by atoms with Gasteiger partial charge in [-0.15, -0.1) is 0 Å². The van der Waals surface area contributed by atoms with Crippen LogP contribution in [0.1, 0.15) is 25.2 Å². The number of hydrogen-bond acceptors (Lipinski definition) is 2. The molecule has 0 N–H and O–H groups in total. The van der Waals surface area contributed by atoms with Crippen molar-refractivity contribution in [2.45, 2.75) is 20.4 Å². The van der Waals surface area contributed by atoms with Gasteiger partial charge in [0, 0.05) is 23.3 Å². The summed E-state index contributed by atoms with van der Waals surface area (Å²) in [5, 5.41) is 1.21. The van der Waals surface area contributed by atoms with Crippen LogP contribution < -0.4 is 4.74 Å². The molecule has 168 valence electrons. The molecule has 0 saturated carbocycles. The first-order chi connectivity index (χ1) is 15.9. The number of ether oxygens (including phenoxy) is 1. The number of benzene rings is 3. The van der Waals surface area contributed by atoms with Crippen LogP contribution in [0.4, 0.5) is 0 Å². The minimum absolute atomic E-state index is 0.490. The highest BCUT2D eigenvalue weighted by molar-refractivity contribution is 6.36. The lowest BCUT2D eigenvalue weighted by Gasteiger charge is -2.08. The summed E-state index contributed by atoms with van der Waals surface area (Å²) in [6, 6.07) is 22.1. The summed E-state index contributed by atoms with van der Waals surface area (Å²) >= 11 is 12.5. The van der Waals surface area contributed by atoms with Crippen molar-refractivity contribution in [3.63, 3.8) is 0 Å². The van der Waals surface area contributed by atoms with Crippen LogP contribution in [0.2, 0.25) is 10.0 Å². The van der Waals surface area contributed by atoms with Crippen LogP contribution in [-0.4, -0.2) is 16.7 Å². The largest absolute Gasteiger partial charge is 0.497 e. The molecule has 0 fully saturated rings. The molecule has 3 nitrogen and oxygen atoms in total. The quantitative estimate of drug-likeness (QED) is 0.267. The van der Waals surface area contributed by atoms with Gasteiger partial charge in [-0.2, -0.15) is 0 Å². The molecule has 0 aliphatic carbocycles. The zero-order chi connectivity index (χ0) is 23.4. The molecule has 0 unspecified atom stereocenters. The summed E-state index contributed by atoms with van der Waals surface area (Å²) in [6.07, 6.45) is 6.20. The Morgan fingerprint density at radius 1 is 0.909 bits per heavy atom. The summed E-state index contributed by atoms with van der Waals surface area (Å²) in [5.41, 5.74) is 5.14. The number of methoxy groups -OCH3 is 1. The topological polar surface area (TPSA) is 27.1 Å². The van der Waals surface area contributed by atoms with Crippen LogP contribution in [-0.2, 0) is 6.54 Å². The number of nitrogens with zero attached hydrogens (tertiary/aromatic N) is 2. The molecule has 0 bridgehead atoms. The van der Waals surface area contributed by atoms with Crippen molar-refractivity contribution in [2.24, 2.45) is 5.92 Å². The molecule has 33 heavy (non-hydrogen) atoms. The van der Waals surface area contributed by atoms with Crippen LogP contribution in [0, 0.1) is 5.92 Å². The maximum absolute atomic E-state index is 6.43. The summed E-state index contributed by atoms with van der Waals surface area (Å²) in [4.78, 5) is 4.86. The second-order valence-electron chi connectivity index (χ2n) is 8.34. The van der Waals surface area contributed by atoms with Crippen molar-refractivity contribution < 1.29 is 4.74 Å². The van der Waals surface area contributed by atoms with E-state index in [4.69, 9.17) is 32.9 Å². The van der Waals surface area contributed by atoms with Gasteiger partial charge >= 0.3 is 0 Å². The van der Waals surface area contributed by atoms with Gasteiger partial charge in [0.2, 0.25) is 0 Å². The Morgan fingerprint density at radius 3 is 2.18 bits per heavy atom. The van der Waals surface area contributed by atoms with E-state index >= 15 is 0 Å². The minimum atomic E-state index is 0.490. The number of imidazole rings is 1. The molecule has 0 atom stereocenters. The van der Waals surface area contributed by atoms with Gasteiger partial charge in [0.1, 0.15) is 11.6 Å². The van der Waals surface area contributed by atoms with E-state index in [0.29, 0.717) is 16.0 Å². The second kappa shape index (κ2) is 10.3. The maximum atomic E-state index is 6.43. The summed E-state index contributed by atoms with van der Waals surface area (Å²) in [7, 11) is 1.68. The Balaban J connectivity index is 1.59. The molecule has 0 aliphatic heterocycles. The van der Waals surface area contributed by atoms with Crippen molar-refractivity contribution in [1.82, 2.24) is 9.55 Å². The Labute approximate surface area is 205 Å². The molecule has 3 aromatic carbocycles. The normalized spacial score (nSPS) is 11.5. The molecule has 0 aliphatic rings. The molecule has 1 heterocycles. The van der Waals surface area contributed by atoms with Gasteiger partial charge in [-0.1, -0.05) is 79.5 Å². The van der Waals surface area contributed by atoms with E-state index in [0.717, 1.165) is 46.1 Å². The molecule has 0 saturated heterocycles. The van der Waals surface area contributed by atoms with Gasteiger partial charge in [-0.3, -0.25) is 0 Å². The SMILES string of the molecule is COc1ccc(-c2ccc(C=Cc3nc(-c4ccc(Cl)cc4Cl)cn3CC(C)C)cc2)cc1. The summed E-state index contributed by atoms with van der Waals surface area (Å²) in [6.45, 7) is 5.26. The van der Waals surface area contributed by atoms with Gasteiger partial charge in [0.25, 0.3) is 0 Å². The highest BCUT2D eigenvalue weighted by atomic mass is 35.5. The van der Waals surface area contributed by atoms with Crippen molar-refractivity contribution >= 4 is 35.4 Å². The second-order valence-corrected chi connectivity index (χ2v) is 9.18. The average Bonchev–Trinajstić information content (AvgIpc) is 3.19. The zero-order valence-electron chi connectivity index (χ0n) is 18.9. The smallest absolute Gasteiger partial charge is 0.133 e. The molecule has 0 radical (unpaired) electrons. The fourth-order valence-corrected chi connectivity index (χ4v) is 4.18. The van der Waals surface area contributed by atoms with Crippen LogP contribution in [0.15, 0.2) is 72.9 Å². The molecule has 1 aromatic heterocycles. The van der Waals surface area contributed by atoms with E-state index in [9.17, 15) is 0 Å². The first kappa shape index (κ1) is 23.2. The van der Waals surface area contributed by atoms with E-state index in [1.54, 1.807) is 13.2 Å². The molecule has 4 aromatic rings. The lowest BCUT2D eigenvalue weighted by molar-refractivity contribution is 0.415. The van der Waals surface area contributed by atoms with E-state index in [1.807, 2.05) is 24.3 Å². The summed E-state index contributed by atoms with van der Waals surface area (Å²) < 4.78 is 7.42. The van der Waals surface area contributed by atoms with Crippen LogP contribution in [0.3, 0.4) is 0 Å². The first-order valence-corrected chi connectivity index (χ1v) is 11.6. The van der Waals surface area contributed by atoms with E-state index in [1.165, 1.54) is 0 Å². The van der Waals surface area contributed by atoms with Crippen LogP contribution in [0.25, 0.3) is 34.5 Å². The molecule has 0 amide bonds. The summed E-state index contributed by atoms with van der Waals surface area (Å²) in [5.74, 6) is 2.24. The van der Waals surface area contributed by atoms with Crippen molar-refractivity contribution in [3.8, 4) is 28.1 Å². The molecule has 4 rings (SSSR count). The Morgan fingerprint density at radius 2 is 1.58 bits per heavy atom. The predicted molar refractivity (Wildman–Crippen MR) is 140 cm³/mol. The fraction of sp³-hybridized carbons (Fsp3) is 0.179. The predicted octanol–water partition coefficient (Wildman–Crippen LogP) is 8.36. The number of aromatic nitrogens is 2. The van der Waals surface area contributed by atoms with Gasteiger partial charge in [-0.25, -0.2) is 4.98 Å². The Kier molecular flexibility index (Phi) is 7.22. The van der Waals surface area contributed by atoms with Gasteiger partial charge < -0.3 is 9.30 Å². The van der Waals surface area contributed by atoms with Crippen LogP contribution in [0.5, 0.6) is 5.75 Å². The third-order valence-corrected chi connectivity index (χ3v) is 5.88. The first-order valence-electron chi connectivity index (χ1n) is 10.9. The zero-order valence-corrected chi connectivity index (χ0v) is 20.4. The van der Waals surface area contributed by atoms with Crippen LogP contribution >= 0.6 is 23.2 Å². The Bertz CT molecular complexity index is 1260. The third-order valence-electron chi connectivity index (χ3n) is 5.34. The van der Waals surface area contributed by atoms with Crippen molar-refractivity contribution in [1.29, 1.82) is 0 Å². The molecular weight excluding hydrogens is 451 g/mol.